The monoisotopic (exact) mass is 572 g/mol. The van der Waals surface area contributed by atoms with Crippen LogP contribution in [-0.2, 0) is 32.6 Å². The van der Waals surface area contributed by atoms with Crippen molar-refractivity contribution in [2.45, 2.75) is 24.8 Å². The summed E-state index contributed by atoms with van der Waals surface area (Å²) in [4.78, 5) is 24.8. The number of benzene rings is 3. The normalized spacial score (nSPS) is 11.1. The fourth-order valence-corrected chi connectivity index (χ4v) is 5.69. The predicted octanol–water partition coefficient (Wildman–Crippen LogP) is 3.84. The first-order chi connectivity index (χ1) is 18.1. The summed E-state index contributed by atoms with van der Waals surface area (Å²) in [5.41, 5.74) is 2.61. The lowest BCUT2D eigenvalue weighted by atomic mass is 10.1. The molecule has 0 aliphatic heterocycles. The van der Waals surface area contributed by atoms with E-state index < -0.39 is 28.4 Å². The van der Waals surface area contributed by atoms with Gasteiger partial charge in [0.1, 0.15) is 4.90 Å². The van der Waals surface area contributed by atoms with E-state index in [1.165, 1.54) is 12.1 Å². The molecule has 3 aromatic carbocycles. The number of nitrogens with one attached hydrogen (secondary N) is 2. The number of nitrogens with zero attached hydrogens (tertiary/aromatic N) is 2. The van der Waals surface area contributed by atoms with Crippen molar-refractivity contribution >= 4 is 45.0 Å². The van der Waals surface area contributed by atoms with E-state index >= 15 is 0 Å². The van der Waals surface area contributed by atoms with Gasteiger partial charge in [-0.25, -0.2) is 8.42 Å². The number of nitriles is 1. The summed E-state index contributed by atoms with van der Waals surface area (Å²) in [6.45, 7) is 1.01. The first-order valence-electron chi connectivity index (χ1n) is 11.6. The van der Waals surface area contributed by atoms with E-state index in [0.29, 0.717) is 22.6 Å². The van der Waals surface area contributed by atoms with Crippen LogP contribution in [0.25, 0.3) is 0 Å². The van der Waals surface area contributed by atoms with Crippen molar-refractivity contribution in [1.82, 2.24) is 14.9 Å². The molecule has 8 nitrogen and oxygen atoms in total. The Kier molecular flexibility index (Phi) is 10.3. The van der Waals surface area contributed by atoms with Gasteiger partial charge in [0, 0.05) is 18.1 Å². The molecule has 11 heteroatoms. The standard InChI is InChI=1S/C27H26Cl2N4O4S/c1-19-23(28)11-12-24(27(19)29)38(36,37)33(14-13-20-5-3-2-4-6-20)18-26(35)32-17-25(34)31-16-22-9-7-21(15-30)8-10-22/h2-12H,13-14,16-18H2,1H3,(H,31,34)(H,32,35). The van der Waals surface area contributed by atoms with Crippen molar-refractivity contribution in [3.8, 4) is 6.07 Å². The second-order valence-electron chi connectivity index (χ2n) is 8.42. The Morgan fingerprint density at radius 3 is 2.26 bits per heavy atom. The van der Waals surface area contributed by atoms with E-state index in [-0.39, 0.29) is 29.6 Å². The summed E-state index contributed by atoms with van der Waals surface area (Å²) in [6.07, 6.45) is 0.364. The van der Waals surface area contributed by atoms with Crippen molar-refractivity contribution in [2.75, 3.05) is 19.6 Å². The van der Waals surface area contributed by atoms with Crippen LogP contribution in [-0.4, -0.2) is 44.2 Å². The lowest BCUT2D eigenvalue weighted by Gasteiger charge is -2.23. The summed E-state index contributed by atoms with van der Waals surface area (Å²) in [5, 5.41) is 14.3. The van der Waals surface area contributed by atoms with Gasteiger partial charge >= 0.3 is 0 Å². The zero-order chi connectivity index (χ0) is 27.7. The number of amides is 2. The van der Waals surface area contributed by atoms with Crippen LogP contribution in [0.15, 0.2) is 71.6 Å². The zero-order valence-electron chi connectivity index (χ0n) is 20.6. The molecule has 2 N–H and O–H groups in total. The highest BCUT2D eigenvalue weighted by atomic mass is 35.5. The molecule has 0 aliphatic rings. The minimum absolute atomic E-state index is 0.00944. The second kappa shape index (κ2) is 13.4. The first-order valence-corrected chi connectivity index (χ1v) is 13.8. The Bertz CT molecular complexity index is 1440. The number of hydrogen-bond acceptors (Lipinski definition) is 5. The van der Waals surface area contributed by atoms with Crippen molar-refractivity contribution in [1.29, 1.82) is 5.26 Å². The van der Waals surface area contributed by atoms with Crippen LogP contribution in [0.3, 0.4) is 0 Å². The van der Waals surface area contributed by atoms with E-state index in [2.05, 4.69) is 10.6 Å². The molecule has 0 spiro atoms. The smallest absolute Gasteiger partial charge is 0.245 e. The fraction of sp³-hybridized carbons (Fsp3) is 0.222. The van der Waals surface area contributed by atoms with Gasteiger partial charge in [-0.2, -0.15) is 9.57 Å². The molecule has 0 unspecified atom stereocenters. The van der Waals surface area contributed by atoms with Gasteiger partial charge in [-0.15, -0.1) is 0 Å². The molecule has 0 heterocycles. The Hall–Kier alpha value is -3.42. The minimum Gasteiger partial charge on any atom is -0.350 e. The predicted molar refractivity (Wildman–Crippen MR) is 146 cm³/mol. The van der Waals surface area contributed by atoms with Crippen LogP contribution in [0, 0.1) is 18.3 Å². The van der Waals surface area contributed by atoms with Gasteiger partial charge in [-0.3, -0.25) is 9.59 Å². The molecular weight excluding hydrogens is 547 g/mol. The quantitative estimate of drug-likeness (QED) is 0.361. The summed E-state index contributed by atoms with van der Waals surface area (Å²) in [5.74, 6) is -1.09. The third-order valence-electron chi connectivity index (χ3n) is 5.73. The van der Waals surface area contributed by atoms with E-state index in [9.17, 15) is 18.0 Å². The molecule has 38 heavy (non-hydrogen) atoms. The maximum atomic E-state index is 13.5. The van der Waals surface area contributed by atoms with E-state index in [4.69, 9.17) is 28.5 Å². The molecule has 0 saturated carbocycles. The van der Waals surface area contributed by atoms with Crippen LogP contribution in [0.5, 0.6) is 0 Å². The van der Waals surface area contributed by atoms with Crippen molar-refractivity contribution in [2.24, 2.45) is 0 Å². The van der Waals surface area contributed by atoms with Gasteiger partial charge in [-0.1, -0.05) is 65.7 Å². The molecule has 3 rings (SSSR count). The van der Waals surface area contributed by atoms with E-state index in [0.717, 1.165) is 15.4 Å². The molecule has 198 valence electrons. The van der Waals surface area contributed by atoms with E-state index in [1.54, 1.807) is 31.2 Å². The molecule has 0 bridgehead atoms. The van der Waals surface area contributed by atoms with Gasteiger partial charge < -0.3 is 10.6 Å². The van der Waals surface area contributed by atoms with Gasteiger partial charge in [0.2, 0.25) is 21.8 Å². The summed E-state index contributed by atoms with van der Waals surface area (Å²) in [6, 6.07) is 20.8. The van der Waals surface area contributed by atoms with E-state index in [1.807, 2.05) is 36.4 Å². The Morgan fingerprint density at radius 1 is 0.921 bits per heavy atom. The lowest BCUT2D eigenvalue weighted by molar-refractivity contribution is -0.126. The maximum absolute atomic E-state index is 13.5. The second-order valence-corrected chi connectivity index (χ2v) is 11.1. The lowest BCUT2D eigenvalue weighted by Crippen LogP contribution is -2.44. The number of carbonyl (C=O) groups is 2. The zero-order valence-corrected chi connectivity index (χ0v) is 22.9. The Balaban J connectivity index is 1.67. The summed E-state index contributed by atoms with van der Waals surface area (Å²) in [7, 11) is -4.17. The highest BCUT2D eigenvalue weighted by molar-refractivity contribution is 7.89. The van der Waals surface area contributed by atoms with Gasteiger partial charge in [0.05, 0.1) is 29.7 Å². The first kappa shape index (κ1) is 29.1. The van der Waals surface area contributed by atoms with Crippen LogP contribution >= 0.6 is 23.2 Å². The third-order valence-corrected chi connectivity index (χ3v) is 8.63. The number of hydrogen-bond donors (Lipinski definition) is 2. The molecule has 0 saturated heterocycles. The minimum atomic E-state index is -4.17. The molecule has 0 fully saturated rings. The van der Waals surface area contributed by atoms with Crippen LogP contribution in [0.2, 0.25) is 10.0 Å². The van der Waals surface area contributed by atoms with Gasteiger partial charge in [0.15, 0.2) is 0 Å². The van der Waals surface area contributed by atoms with Crippen LogP contribution in [0.1, 0.15) is 22.3 Å². The van der Waals surface area contributed by atoms with Crippen molar-refractivity contribution in [3.05, 3.63) is 99.0 Å². The number of rotatable bonds is 11. The highest BCUT2D eigenvalue weighted by Crippen LogP contribution is 2.32. The number of carbonyl (C=O) groups excluding carboxylic acids is 2. The molecule has 0 atom stereocenters. The SMILES string of the molecule is Cc1c(Cl)ccc(S(=O)(=O)N(CCc2ccccc2)CC(=O)NCC(=O)NCc2ccc(C#N)cc2)c1Cl. The summed E-state index contributed by atoms with van der Waals surface area (Å²) < 4.78 is 28.1. The van der Waals surface area contributed by atoms with Gasteiger partial charge in [0.25, 0.3) is 0 Å². The fourth-order valence-electron chi connectivity index (χ4n) is 3.51. The molecule has 0 radical (unpaired) electrons. The molecule has 3 aromatic rings. The van der Waals surface area contributed by atoms with Crippen molar-refractivity contribution in [3.63, 3.8) is 0 Å². The number of sulfonamides is 1. The molecule has 0 aromatic heterocycles. The molecule has 2 amide bonds. The molecular formula is C27H26Cl2N4O4S. The van der Waals surface area contributed by atoms with Crippen LogP contribution < -0.4 is 10.6 Å². The molecule has 0 aliphatic carbocycles. The Labute approximate surface area is 232 Å². The average Bonchev–Trinajstić information content (AvgIpc) is 2.92. The Morgan fingerprint density at radius 2 is 1.61 bits per heavy atom. The summed E-state index contributed by atoms with van der Waals surface area (Å²) >= 11 is 12.4. The largest absolute Gasteiger partial charge is 0.350 e. The maximum Gasteiger partial charge on any atom is 0.245 e. The average molecular weight is 574 g/mol. The topological polar surface area (TPSA) is 119 Å². The van der Waals surface area contributed by atoms with Crippen LogP contribution in [0.4, 0.5) is 0 Å². The number of halogens is 2. The van der Waals surface area contributed by atoms with Crippen molar-refractivity contribution < 1.29 is 18.0 Å². The highest BCUT2D eigenvalue weighted by Gasteiger charge is 2.29. The third kappa shape index (κ3) is 7.79. The van der Waals surface area contributed by atoms with Gasteiger partial charge in [-0.05, 0) is 54.3 Å².